The first-order valence-corrected chi connectivity index (χ1v) is 10.4. The molecule has 0 spiro atoms. The summed E-state index contributed by atoms with van der Waals surface area (Å²) in [5.41, 5.74) is 0. The van der Waals surface area contributed by atoms with Gasteiger partial charge in [0, 0.05) is 18.9 Å². The van der Waals surface area contributed by atoms with Crippen LogP contribution in [-0.2, 0) is 9.59 Å². The molecule has 6 nitrogen and oxygen atoms in total. The number of rotatable bonds is 17. The van der Waals surface area contributed by atoms with Crippen LogP contribution in [0, 0.1) is 0 Å². The Morgan fingerprint density at radius 1 is 0.867 bits per heavy atom. The van der Waals surface area contributed by atoms with Gasteiger partial charge in [0.15, 0.2) is 0 Å². The number of carboxylic acids is 1. The molecule has 0 saturated carbocycles. The van der Waals surface area contributed by atoms with Crippen molar-refractivity contribution in [1.29, 1.82) is 0 Å². The molecule has 30 heavy (non-hydrogen) atoms. The van der Waals surface area contributed by atoms with Gasteiger partial charge >= 0.3 is 5.97 Å². The summed E-state index contributed by atoms with van der Waals surface area (Å²) >= 11 is 0. The van der Waals surface area contributed by atoms with Gasteiger partial charge in [-0.25, -0.2) is 4.79 Å². The summed E-state index contributed by atoms with van der Waals surface area (Å²) in [7, 11) is 0. The number of ketones is 1. The van der Waals surface area contributed by atoms with Gasteiger partial charge in [0.05, 0.1) is 18.3 Å². The summed E-state index contributed by atoms with van der Waals surface area (Å²) in [5.74, 6) is -0.995. The van der Waals surface area contributed by atoms with E-state index in [4.69, 9.17) is 10.2 Å². The molecule has 0 aromatic heterocycles. The maximum Gasteiger partial charge on any atom is 0.328 e. The highest BCUT2D eigenvalue weighted by molar-refractivity contribution is 5.80. The fourth-order valence-electron chi connectivity index (χ4n) is 2.48. The molecule has 0 rings (SSSR count). The normalized spacial score (nSPS) is 15.7. The second-order valence-electron chi connectivity index (χ2n) is 7.16. The van der Waals surface area contributed by atoms with Crippen molar-refractivity contribution in [3.8, 4) is 0 Å². The second-order valence-corrected chi connectivity index (χ2v) is 7.16. The summed E-state index contributed by atoms with van der Waals surface area (Å²) in [6.45, 7) is 1.77. The fourth-order valence-corrected chi connectivity index (χ4v) is 2.48. The number of allylic oxidation sites excluding steroid dienone is 6. The number of Topliss-reactive ketones (excluding diaryl/α,β-unsaturated/α-hetero) is 1. The summed E-state index contributed by atoms with van der Waals surface area (Å²) in [5, 5.41) is 37.2. The zero-order chi connectivity index (χ0) is 22.6. The van der Waals surface area contributed by atoms with Crippen molar-refractivity contribution < 1.29 is 30.0 Å². The van der Waals surface area contributed by atoms with E-state index in [9.17, 15) is 19.8 Å². The number of hydrogen-bond acceptors (Lipinski definition) is 5. The molecule has 0 fully saturated rings. The molecule has 0 bridgehead atoms. The highest BCUT2D eigenvalue weighted by Crippen LogP contribution is 2.06. The standard InChI is InChI=1S/C24H36O6/c1-20(25)13-7-3-2-4-8-16-22(27)19-23(28)17-11-5-9-14-21(26)15-10-6-12-18-24(29)30/h2,4-6,9-12,14,18,20-21,23,25-26,28H,3,7-8,13,15-17,19H2,1H3,(H,29,30)/b4-2+,10-6+,11-5-,14-9+,18-12-/t20-,21-,23+/m0/s1. The Hall–Kier alpha value is -2.28. The molecule has 0 aromatic carbocycles. The maximum atomic E-state index is 11.9. The van der Waals surface area contributed by atoms with Gasteiger partial charge in [0.2, 0.25) is 0 Å². The van der Waals surface area contributed by atoms with Crippen LogP contribution < -0.4 is 0 Å². The van der Waals surface area contributed by atoms with Crippen molar-refractivity contribution in [3.05, 3.63) is 60.8 Å². The molecule has 4 N–H and O–H groups in total. The SMILES string of the molecule is C[C@H](O)CCC/C=C/CCC(=O)C[C@H](O)C/C=C\C=C\[C@H](O)C/C=C/C=C\C(=O)O. The van der Waals surface area contributed by atoms with E-state index in [-0.39, 0.29) is 18.3 Å². The lowest BCUT2D eigenvalue weighted by atomic mass is 10.1. The van der Waals surface area contributed by atoms with Gasteiger partial charge < -0.3 is 20.4 Å². The average molecular weight is 421 g/mol. The van der Waals surface area contributed by atoms with Crippen LogP contribution in [-0.4, -0.2) is 50.5 Å². The van der Waals surface area contributed by atoms with Crippen LogP contribution in [0.15, 0.2) is 60.8 Å². The van der Waals surface area contributed by atoms with Crippen molar-refractivity contribution >= 4 is 11.8 Å². The van der Waals surface area contributed by atoms with Gasteiger partial charge in [-0.3, -0.25) is 4.79 Å². The molecule has 0 aliphatic rings. The molecule has 0 amide bonds. The lowest BCUT2D eigenvalue weighted by Gasteiger charge is -2.06. The number of carbonyl (C=O) groups excluding carboxylic acids is 1. The summed E-state index contributed by atoms with van der Waals surface area (Å²) in [6.07, 6.45) is 19.2. The van der Waals surface area contributed by atoms with E-state index in [2.05, 4.69) is 0 Å². The monoisotopic (exact) mass is 420 g/mol. The minimum Gasteiger partial charge on any atom is -0.478 e. The topological polar surface area (TPSA) is 115 Å². The number of aliphatic carboxylic acids is 1. The number of carboxylic acid groups (broad SMARTS) is 1. The molecule has 0 aliphatic heterocycles. The molecular formula is C24H36O6. The molecule has 0 aliphatic carbocycles. The van der Waals surface area contributed by atoms with Crippen molar-refractivity contribution in [2.75, 3.05) is 0 Å². The predicted octanol–water partition coefficient (Wildman–Crippen LogP) is 3.64. The van der Waals surface area contributed by atoms with Gasteiger partial charge in [-0.1, -0.05) is 54.7 Å². The van der Waals surface area contributed by atoms with Gasteiger partial charge in [-0.05, 0) is 45.4 Å². The van der Waals surface area contributed by atoms with E-state index >= 15 is 0 Å². The van der Waals surface area contributed by atoms with Crippen molar-refractivity contribution in [1.82, 2.24) is 0 Å². The maximum absolute atomic E-state index is 11.9. The third-order valence-electron chi connectivity index (χ3n) is 4.06. The largest absolute Gasteiger partial charge is 0.478 e. The molecule has 0 aromatic rings. The predicted molar refractivity (Wildman–Crippen MR) is 119 cm³/mol. The number of aliphatic hydroxyl groups excluding tert-OH is 3. The Kier molecular flexibility index (Phi) is 17.3. The zero-order valence-electron chi connectivity index (χ0n) is 17.8. The fraction of sp³-hybridized carbons (Fsp3) is 0.500. The van der Waals surface area contributed by atoms with Gasteiger partial charge in [0.25, 0.3) is 0 Å². The zero-order valence-corrected chi connectivity index (χ0v) is 17.8. The molecule has 0 radical (unpaired) electrons. The minimum absolute atomic E-state index is 0.0271. The summed E-state index contributed by atoms with van der Waals surface area (Å²) in [6, 6.07) is 0. The van der Waals surface area contributed by atoms with Gasteiger partial charge in [-0.2, -0.15) is 0 Å². The Labute approximate surface area is 179 Å². The quantitative estimate of drug-likeness (QED) is 0.124. The van der Waals surface area contributed by atoms with Crippen LogP contribution in [0.5, 0.6) is 0 Å². The number of unbranched alkanes of at least 4 members (excludes halogenated alkanes) is 1. The average Bonchev–Trinajstić information content (AvgIpc) is 2.66. The third-order valence-corrected chi connectivity index (χ3v) is 4.06. The smallest absolute Gasteiger partial charge is 0.328 e. The lowest BCUT2D eigenvalue weighted by molar-refractivity contribution is -0.131. The Bertz CT molecular complexity index is 613. The van der Waals surface area contributed by atoms with Crippen LogP contribution in [0.25, 0.3) is 0 Å². The van der Waals surface area contributed by atoms with Crippen LogP contribution in [0.3, 0.4) is 0 Å². The second kappa shape index (κ2) is 18.7. The van der Waals surface area contributed by atoms with Gasteiger partial charge in [-0.15, -0.1) is 0 Å². The summed E-state index contributed by atoms with van der Waals surface area (Å²) < 4.78 is 0. The number of carbonyl (C=O) groups is 2. The molecule has 6 heteroatoms. The van der Waals surface area contributed by atoms with Gasteiger partial charge in [0.1, 0.15) is 5.78 Å². The molecule has 168 valence electrons. The Balaban J connectivity index is 3.90. The highest BCUT2D eigenvalue weighted by atomic mass is 16.4. The first-order valence-electron chi connectivity index (χ1n) is 10.4. The Morgan fingerprint density at radius 3 is 2.23 bits per heavy atom. The minimum atomic E-state index is -1.02. The molecule has 0 unspecified atom stereocenters. The Morgan fingerprint density at radius 2 is 1.53 bits per heavy atom. The molecular weight excluding hydrogens is 384 g/mol. The van der Waals surface area contributed by atoms with Crippen LogP contribution in [0.4, 0.5) is 0 Å². The van der Waals surface area contributed by atoms with Crippen molar-refractivity contribution in [3.63, 3.8) is 0 Å². The van der Waals surface area contributed by atoms with E-state index in [0.29, 0.717) is 25.7 Å². The van der Waals surface area contributed by atoms with Crippen LogP contribution >= 0.6 is 0 Å². The third kappa shape index (κ3) is 20.5. The van der Waals surface area contributed by atoms with Crippen molar-refractivity contribution in [2.45, 2.75) is 76.6 Å². The van der Waals surface area contributed by atoms with E-state index in [1.165, 1.54) is 6.08 Å². The van der Waals surface area contributed by atoms with E-state index in [1.807, 2.05) is 12.2 Å². The lowest BCUT2D eigenvalue weighted by Crippen LogP contribution is -2.12. The van der Waals surface area contributed by atoms with Crippen LogP contribution in [0.1, 0.15) is 58.3 Å². The van der Waals surface area contributed by atoms with Crippen molar-refractivity contribution in [2.24, 2.45) is 0 Å². The molecule has 0 heterocycles. The summed E-state index contributed by atoms with van der Waals surface area (Å²) in [4.78, 5) is 22.1. The number of hydrogen-bond donors (Lipinski definition) is 4. The van der Waals surface area contributed by atoms with E-state index in [1.54, 1.807) is 43.4 Å². The molecule has 3 atom stereocenters. The highest BCUT2D eigenvalue weighted by Gasteiger charge is 2.08. The first-order chi connectivity index (χ1) is 14.3. The van der Waals surface area contributed by atoms with Crippen LogP contribution in [0.2, 0.25) is 0 Å². The van der Waals surface area contributed by atoms with E-state index in [0.717, 1.165) is 25.3 Å². The number of aliphatic hydroxyl groups is 3. The first kappa shape index (κ1) is 27.7. The molecule has 0 saturated heterocycles. The van der Waals surface area contributed by atoms with E-state index < -0.39 is 18.2 Å².